The number of rotatable bonds is 1. The lowest BCUT2D eigenvalue weighted by molar-refractivity contribution is 0.150. The molecule has 1 aromatic rings. The zero-order valence-electron chi connectivity index (χ0n) is 9.06. The zero-order chi connectivity index (χ0) is 12.4. The summed E-state index contributed by atoms with van der Waals surface area (Å²) >= 11 is 3.30. The van der Waals surface area contributed by atoms with E-state index in [4.69, 9.17) is 10.8 Å². The van der Waals surface area contributed by atoms with Gasteiger partial charge in [-0.05, 0) is 34.0 Å². The minimum atomic E-state index is -0.892. The van der Waals surface area contributed by atoms with E-state index >= 15 is 0 Å². The third kappa shape index (κ3) is 2.58. The second-order valence-corrected chi connectivity index (χ2v) is 4.71. The Morgan fingerprint density at radius 3 is 2.88 bits per heavy atom. The van der Waals surface area contributed by atoms with E-state index in [-0.39, 0.29) is 0 Å². The first-order chi connectivity index (χ1) is 8.08. The lowest BCUT2D eigenvalue weighted by Gasteiger charge is -2.23. The molecule has 0 fully saturated rings. The van der Waals surface area contributed by atoms with Gasteiger partial charge in [0.05, 0.1) is 11.4 Å². The molecule has 1 aromatic heterocycles. The first kappa shape index (κ1) is 11.9. The highest BCUT2D eigenvalue weighted by Crippen LogP contribution is 2.26. The maximum absolute atomic E-state index is 10.8. The lowest BCUT2D eigenvalue weighted by Crippen LogP contribution is -2.33. The number of amides is 1. The molecule has 17 heavy (non-hydrogen) atoms. The number of nitrogens with zero attached hydrogens (tertiary/aromatic N) is 2. The number of carboxylic acid groups (broad SMARTS) is 1. The number of hydrogen-bond donors (Lipinski definition) is 2. The minimum absolute atomic E-state index is 0.391. The smallest absolute Gasteiger partial charge is 0.407 e. The van der Waals surface area contributed by atoms with Gasteiger partial charge in [0.2, 0.25) is 0 Å². The van der Waals surface area contributed by atoms with Gasteiger partial charge in [-0.2, -0.15) is 0 Å². The van der Waals surface area contributed by atoms with Crippen LogP contribution in [-0.4, -0.2) is 34.2 Å². The minimum Gasteiger partial charge on any atom is -0.465 e. The van der Waals surface area contributed by atoms with Crippen molar-refractivity contribution in [3.8, 4) is 0 Å². The molecule has 90 valence electrons. The molecule has 1 aliphatic rings. The monoisotopic (exact) mass is 297 g/mol. The molecule has 1 aliphatic heterocycles. The van der Waals surface area contributed by atoms with Crippen LogP contribution in [0.5, 0.6) is 0 Å². The number of nitrogens with two attached hydrogens (primary N) is 1. The predicted molar refractivity (Wildman–Crippen MR) is 68.5 cm³/mol. The van der Waals surface area contributed by atoms with Gasteiger partial charge in [-0.25, -0.2) is 4.79 Å². The number of aromatic nitrogens is 1. The van der Waals surface area contributed by atoms with Gasteiger partial charge >= 0.3 is 6.09 Å². The third-order valence-corrected chi connectivity index (χ3v) is 3.10. The van der Waals surface area contributed by atoms with Gasteiger partial charge in [-0.15, -0.1) is 0 Å². The van der Waals surface area contributed by atoms with Crippen molar-refractivity contribution >= 4 is 33.3 Å². The zero-order valence-corrected chi connectivity index (χ0v) is 10.6. The molecule has 0 spiro atoms. The molecule has 0 aliphatic carbocycles. The Bertz CT molecular complexity index is 488. The Balaban J connectivity index is 2.22. The molecule has 0 saturated carbocycles. The summed E-state index contributed by atoms with van der Waals surface area (Å²) in [5, 5.41) is 8.84. The quantitative estimate of drug-likeness (QED) is 0.833. The van der Waals surface area contributed by atoms with Crippen LogP contribution in [0.3, 0.4) is 0 Å². The maximum Gasteiger partial charge on any atom is 0.407 e. The fraction of sp³-hybridized carbons (Fsp3) is 0.273. The number of pyridine rings is 1. The summed E-state index contributed by atoms with van der Waals surface area (Å²) in [5.41, 5.74) is 8.24. The van der Waals surface area contributed by atoms with Crippen LogP contribution in [0.15, 0.2) is 22.8 Å². The van der Waals surface area contributed by atoms with Crippen LogP contribution in [-0.2, 0) is 0 Å². The van der Waals surface area contributed by atoms with Crippen molar-refractivity contribution in [3.63, 3.8) is 0 Å². The SMILES string of the molecule is Nc1cc(Br)cnc1C1=CCN(C(=O)O)CC1. The van der Waals surface area contributed by atoms with Crippen molar-refractivity contribution in [1.29, 1.82) is 0 Å². The van der Waals surface area contributed by atoms with Gasteiger partial charge in [-0.1, -0.05) is 6.08 Å². The molecule has 2 rings (SSSR count). The highest BCUT2D eigenvalue weighted by Gasteiger charge is 2.18. The van der Waals surface area contributed by atoms with E-state index in [0.717, 1.165) is 15.7 Å². The van der Waals surface area contributed by atoms with E-state index < -0.39 is 6.09 Å². The van der Waals surface area contributed by atoms with E-state index in [1.165, 1.54) is 4.90 Å². The van der Waals surface area contributed by atoms with Gasteiger partial charge in [0.1, 0.15) is 0 Å². The number of nitrogen functional groups attached to an aromatic ring is 1. The van der Waals surface area contributed by atoms with Crippen molar-refractivity contribution in [2.24, 2.45) is 0 Å². The lowest BCUT2D eigenvalue weighted by atomic mass is 10.0. The summed E-state index contributed by atoms with van der Waals surface area (Å²) in [5.74, 6) is 0. The molecular formula is C11H12BrN3O2. The molecule has 3 N–H and O–H groups in total. The van der Waals surface area contributed by atoms with Crippen LogP contribution in [0, 0.1) is 0 Å². The van der Waals surface area contributed by atoms with Crippen molar-refractivity contribution in [3.05, 3.63) is 28.5 Å². The van der Waals surface area contributed by atoms with E-state index in [0.29, 0.717) is 25.2 Å². The van der Waals surface area contributed by atoms with Crippen molar-refractivity contribution in [2.75, 3.05) is 18.8 Å². The molecule has 0 unspecified atom stereocenters. The molecule has 0 aromatic carbocycles. The molecule has 0 atom stereocenters. The standard InChI is InChI=1S/C11H12BrN3O2/c12-8-5-9(13)10(14-6-8)7-1-3-15(4-2-7)11(16)17/h1,5-6H,2-4,13H2,(H,16,17). The predicted octanol–water partition coefficient (Wildman–Crippen LogP) is 2.19. The summed E-state index contributed by atoms with van der Waals surface area (Å²) in [4.78, 5) is 16.4. The van der Waals surface area contributed by atoms with Gasteiger partial charge in [-0.3, -0.25) is 4.98 Å². The second-order valence-electron chi connectivity index (χ2n) is 3.80. The van der Waals surface area contributed by atoms with E-state index in [9.17, 15) is 4.79 Å². The Morgan fingerprint density at radius 1 is 1.59 bits per heavy atom. The Morgan fingerprint density at radius 2 is 2.35 bits per heavy atom. The Kier molecular flexibility index (Phi) is 3.33. The molecule has 0 saturated heterocycles. The van der Waals surface area contributed by atoms with E-state index in [1.807, 2.05) is 6.08 Å². The number of halogens is 1. The fourth-order valence-electron chi connectivity index (χ4n) is 1.78. The number of hydrogen-bond acceptors (Lipinski definition) is 3. The Labute approximate surface area is 107 Å². The van der Waals surface area contributed by atoms with E-state index in [1.54, 1.807) is 12.3 Å². The fourth-order valence-corrected chi connectivity index (χ4v) is 2.13. The summed E-state index contributed by atoms with van der Waals surface area (Å²) in [6.45, 7) is 0.875. The molecule has 0 bridgehead atoms. The number of carbonyl (C=O) groups is 1. The van der Waals surface area contributed by atoms with Gasteiger partial charge in [0.15, 0.2) is 0 Å². The van der Waals surface area contributed by atoms with Crippen LogP contribution in [0.4, 0.5) is 10.5 Å². The first-order valence-electron chi connectivity index (χ1n) is 5.16. The van der Waals surface area contributed by atoms with Gasteiger partial charge in [0.25, 0.3) is 0 Å². The highest BCUT2D eigenvalue weighted by molar-refractivity contribution is 9.10. The van der Waals surface area contributed by atoms with Crippen molar-refractivity contribution in [1.82, 2.24) is 9.88 Å². The largest absolute Gasteiger partial charge is 0.465 e. The molecule has 2 heterocycles. The molecule has 1 amide bonds. The van der Waals surface area contributed by atoms with Gasteiger partial charge in [0, 0.05) is 23.8 Å². The first-order valence-corrected chi connectivity index (χ1v) is 5.95. The second kappa shape index (κ2) is 4.75. The maximum atomic E-state index is 10.8. The topological polar surface area (TPSA) is 79.5 Å². The van der Waals surface area contributed by atoms with Crippen LogP contribution >= 0.6 is 15.9 Å². The van der Waals surface area contributed by atoms with Crippen molar-refractivity contribution in [2.45, 2.75) is 6.42 Å². The molecule has 6 heteroatoms. The third-order valence-electron chi connectivity index (χ3n) is 2.67. The summed E-state index contributed by atoms with van der Waals surface area (Å²) in [6.07, 6.45) is 3.31. The summed E-state index contributed by atoms with van der Waals surface area (Å²) in [6, 6.07) is 1.80. The van der Waals surface area contributed by atoms with Crippen molar-refractivity contribution < 1.29 is 9.90 Å². The Hall–Kier alpha value is -1.56. The normalized spacial score (nSPS) is 15.6. The van der Waals surface area contributed by atoms with Gasteiger partial charge < -0.3 is 15.7 Å². The average molecular weight is 298 g/mol. The number of anilines is 1. The average Bonchev–Trinajstić information content (AvgIpc) is 2.29. The molecule has 5 nitrogen and oxygen atoms in total. The van der Waals surface area contributed by atoms with Crippen LogP contribution in [0.1, 0.15) is 12.1 Å². The summed E-state index contributed by atoms with van der Waals surface area (Å²) in [7, 11) is 0. The molecule has 0 radical (unpaired) electrons. The summed E-state index contributed by atoms with van der Waals surface area (Å²) < 4.78 is 0.835. The van der Waals surface area contributed by atoms with Crippen LogP contribution in [0.25, 0.3) is 5.57 Å². The molecular weight excluding hydrogens is 286 g/mol. The van der Waals surface area contributed by atoms with Crippen LogP contribution in [0.2, 0.25) is 0 Å². The highest BCUT2D eigenvalue weighted by atomic mass is 79.9. The van der Waals surface area contributed by atoms with E-state index in [2.05, 4.69) is 20.9 Å². The van der Waals surface area contributed by atoms with Crippen LogP contribution < -0.4 is 5.73 Å².